The Labute approximate surface area is 187 Å². The van der Waals surface area contributed by atoms with Gasteiger partial charge in [0.1, 0.15) is 0 Å². The molecule has 0 saturated carbocycles. The third kappa shape index (κ3) is 4.59. The van der Waals surface area contributed by atoms with Crippen molar-refractivity contribution in [2.24, 2.45) is 0 Å². The Kier molecular flexibility index (Phi) is 6.57. The van der Waals surface area contributed by atoms with Crippen LogP contribution in [0.5, 0.6) is 11.5 Å². The molecule has 9 heteroatoms. The summed E-state index contributed by atoms with van der Waals surface area (Å²) < 4.78 is 19.9. The predicted molar refractivity (Wildman–Crippen MR) is 124 cm³/mol. The summed E-state index contributed by atoms with van der Waals surface area (Å²) in [4.78, 5) is 16.4. The van der Waals surface area contributed by atoms with Crippen LogP contribution in [-0.4, -0.2) is 65.6 Å². The van der Waals surface area contributed by atoms with E-state index in [4.69, 9.17) is 19.3 Å². The number of ether oxygens (including phenoxy) is 3. The third-order valence-electron chi connectivity index (χ3n) is 5.62. The molecule has 4 rings (SSSR count). The molecule has 1 unspecified atom stereocenters. The maximum absolute atomic E-state index is 5.73. The molecule has 1 saturated heterocycles. The molecular weight excluding hydrogens is 501 g/mol. The minimum absolute atomic E-state index is 0.225. The maximum atomic E-state index is 5.73. The Bertz CT molecular complexity index is 1060. The van der Waals surface area contributed by atoms with Gasteiger partial charge in [0.15, 0.2) is 0 Å². The molecule has 1 aromatic carbocycles. The molecule has 166 valence electrons. The van der Waals surface area contributed by atoms with Crippen LogP contribution in [0.25, 0.3) is 11.0 Å². The van der Waals surface area contributed by atoms with Gasteiger partial charge in [0.25, 0.3) is 0 Å². The second-order valence-corrected chi connectivity index (χ2v) is 23.1. The summed E-state index contributed by atoms with van der Waals surface area (Å²) in [5, 5.41) is 9.68. The van der Waals surface area contributed by atoms with Crippen molar-refractivity contribution >= 4 is 38.9 Å². The van der Waals surface area contributed by atoms with Crippen LogP contribution in [0.1, 0.15) is 24.4 Å². The van der Waals surface area contributed by atoms with Gasteiger partial charge in [-0.25, -0.2) is 0 Å². The summed E-state index contributed by atoms with van der Waals surface area (Å²) in [5.41, 5.74) is 1.93. The van der Waals surface area contributed by atoms with Crippen molar-refractivity contribution in [1.29, 1.82) is 0 Å². The molecule has 8 nitrogen and oxygen atoms in total. The van der Waals surface area contributed by atoms with Gasteiger partial charge in [0.05, 0.1) is 0 Å². The number of hydrogen-bond acceptors (Lipinski definition) is 7. The molecule has 0 aliphatic carbocycles. The fourth-order valence-corrected chi connectivity index (χ4v) is 7.94. The zero-order valence-corrected chi connectivity index (χ0v) is 21.8. The number of aromatic nitrogens is 4. The van der Waals surface area contributed by atoms with Crippen LogP contribution in [0.15, 0.2) is 24.5 Å². The molecule has 1 aliphatic rings. The molecule has 0 spiro atoms. The summed E-state index contributed by atoms with van der Waals surface area (Å²) in [6.07, 6.45) is 3.74. The van der Waals surface area contributed by atoms with Gasteiger partial charge < -0.3 is 0 Å². The van der Waals surface area contributed by atoms with E-state index in [0.29, 0.717) is 13.2 Å². The average molecular weight is 532 g/mol. The fourth-order valence-electron chi connectivity index (χ4n) is 3.98. The number of hydrogen-bond donors (Lipinski definition) is 1. The van der Waals surface area contributed by atoms with Gasteiger partial charge in [-0.2, -0.15) is 0 Å². The molecule has 3 heterocycles. The zero-order chi connectivity index (χ0) is 22.0. The number of nitrogens with one attached hydrogen (secondary N) is 1. The molecule has 0 amide bonds. The van der Waals surface area contributed by atoms with Crippen LogP contribution in [0.3, 0.4) is 0 Å². The number of fused-ring (bicyclic) bond motifs is 1. The number of methoxy groups -OCH3 is 2. The van der Waals surface area contributed by atoms with Gasteiger partial charge in [0.2, 0.25) is 0 Å². The summed E-state index contributed by atoms with van der Waals surface area (Å²) in [7, 11) is 3.32. The topological polar surface area (TPSA) is 83.3 Å². The Morgan fingerprint density at radius 3 is 2.71 bits per heavy atom. The van der Waals surface area contributed by atoms with Gasteiger partial charge in [-0.3, -0.25) is 0 Å². The first-order valence-corrected chi connectivity index (χ1v) is 20.7. The average Bonchev–Trinajstić information content (AvgIpc) is 3.19. The normalized spacial score (nSPS) is 17.0. The van der Waals surface area contributed by atoms with Crippen LogP contribution in [0.2, 0.25) is 14.8 Å². The Hall–Kier alpha value is -2.07. The summed E-state index contributed by atoms with van der Waals surface area (Å²) in [5.74, 6) is 2.37. The second kappa shape index (κ2) is 9.20. The van der Waals surface area contributed by atoms with E-state index in [9.17, 15) is 0 Å². The predicted octanol–water partition coefficient (Wildman–Crippen LogP) is 3.35. The van der Waals surface area contributed by atoms with Crippen molar-refractivity contribution in [3.05, 3.63) is 30.1 Å². The summed E-state index contributed by atoms with van der Waals surface area (Å²) in [6.45, 7) is 2.09. The van der Waals surface area contributed by atoms with Crippen LogP contribution >= 0.6 is 0 Å². The van der Waals surface area contributed by atoms with E-state index < -0.39 is 18.4 Å². The van der Waals surface area contributed by atoms with Crippen molar-refractivity contribution in [2.75, 3.05) is 32.8 Å². The number of anilines is 1. The number of nitrogens with zero attached hydrogens (tertiary/aromatic N) is 4. The van der Waals surface area contributed by atoms with Crippen LogP contribution in [0, 0.1) is 0 Å². The van der Waals surface area contributed by atoms with E-state index in [1.165, 1.54) is 3.71 Å². The summed E-state index contributed by atoms with van der Waals surface area (Å²) in [6, 6.07) is 6.07. The van der Waals surface area contributed by atoms with E-state index >= 15 is 0 Å². The first-order chi connectivity index (χ1) is 14.9. The van der Waals surface area contributed by atoms with Gasteiger partial charge in [-0.15, -0.1) is 0 Å². The van der Waals surface area contributed by atoms with Crippen molar-refractivity contribution < 1.29 is 14.2 Å². The van der Waals surface area contributed by atoms with E-state index in [2.05, 4.69) is 34.8 Å². The van der Waals surface area contributed by atoms with Crippen molar-refractivity contribution in [2.45, 2.75) is 40.2 Å². The van der Waals surface area contributed by atoms with Crippen molar-refractivity contribution in [3.63, 3.8) is 0 Å². The molecule has 1 aliphatic heterocycles. The van der Waals surface area contributed by atoms with Crippen molar-refractivity contribution in [3.8, 4) is 11.5 Å². The Morgan fingerprint density at radius 2 is 2.03 bits per heavy atom. The minimum atomic E-state index is -2.56. The Morgan fingerprint density at radius 1 is 1.19 bits per heavy atom. The number of benzene rings is 1. The number of rotatable bonds is 7. The third-order valence-corrected chi connectivity index (χ3v) is 10.7. The Balaban J connectivity index is 1.72. The molecular formula is C22H31N5O3Sn. The first-order valence-electron chi connectivity index (χ1n) is 10.7. The van der Waals surface area contributed by atoms with E-state index in [0.717, 1.165) is 53.4 Å². The van der Waals surface area contributed by atoms with Crippen LogP contribution in [-0.2, 0) is 11.3 Å². The molecule has 0 bridgehead atoms. The van der Waals surface area contributed by atoms with E-state index in [-0.39, 0.29) is 6.04 Å². The van der Waals surface area contributed by atoms with Gasteiger partial charge >= 0.3 is 187 Å². The molecule has 2 aromatic heterocycles. The van der Waals surface area contributed by atoms with Gasteiger partial charge in [-0.05, 0) is 0 Å². The van der Waals surface area contributed by atoms with Crippen LogP contribution < -0.4 is 18.5 Å². The quantitative estimate of drug-likeness (QED) is 0.468. The van der Waals surface area contributed by atoms with E-state index in [1.807, 2.05) is 18.2 Å². The SMILES string of the molecule is COc1ccc(CNc2ncnc3c2[c]([Sn]([CH3])([CH3])[CH3])nn3C2CCCOC2)c(OC)c1. The van der Waals surface area contributed by atoms with Crippen molar-refractivity contribution in [1.82, 2.24) is 19.7 Å². The van der Waals surface area contributed by atoms with Gasteiger partial charge in [0, 0.05) is 0 Å². The monoisotopic (exact) mass is 533 g/mol. The second-order valence-electron chi connectivity index (χ2n) is 8.87. The molecule has 0 radical (unpaired) electrons. The zero-order valence-electron chi connectivity index (χ0n) is 18.9. The summed E-state index contributed by atoms with van der Waals surface area (Å²) >= 11 is -2.56. The van der Waals surface area contributed by atoms with E-state index in [1.54, 1.807) is 20.5 Å². The molecule has 3 aromatic rings. The molecule has 1 N–H and O–H groups in total. The first kappa shape index (κ1) is 22.1. The van der Waals surface area contributed by atoms with Gasteiger partial charge in [-0.1, -0.05) is 0 Å². The molecule has 1 fully saturated rings. The fraction of sp³-hybridized carbons (Fsp3) is 0.500. The standard InChI is InChI=1S/C19H22N5O3.3CH3.Sn/c1-25-15-6-5-13(17(8-15)26-2)9-20-18-16-10-23-24(19(16)22-12-21-18)14-4-3-7-27-11-14;;;;/h5-6,8,12,14H,3-4,7,9,11H2,1-2H3,(H,20,21,22);3*1H3;. The molecule has 31 heavy (non-hydrogen) atoms. The molecule has 1 atom stereocenters. The van der Waals surface area contributed by atoms with Crippen LogP contribution in [0.4, 0.5) is 5.82 Å².